The second-order valence-electron chi connectivity index (χ2n) is 3.80. The highest BCUT2D eigenvalue weighted by molar-refractivity contribution is 5.73. The molecular formula is C13H16N2O2. The van der Waals surface area contributed by atoms with Crippen LogP contribution in [0.2, 0.25) is 0 Å². The van der Waals surface area contributed by atoms with Gasteiger partial charge in [-0.3, -0.25) is 0 Å². The molecule has 1 heterocycles. The normalized spacial score (nSPS) is 12.1. The van der Waals surface area contributed by atoms with Gasteiger partial charge in [0.1, 0.15) is 11.5 Å². The molecule has 2 aromatic rings. The molecule has 17 heavy (non-hydrogen) atoms. The Hall–Kier alpha value is -2.10. The maximum Gasteiger partial charge on any atom is 0.143 e. The number of rotatable bonds is 4. The van der Waals surface area contributed by atoms with Gasteiger partial charge in [0.25, 0.3) is 0 Å². The Bertz CT molecular complexity index is 480. The molecule has 1 atom stereocenters. The van der Waals surface area contributed by atoms with E-state index in [1.165, 1.54) is 0 Å². The summed E-state index contributed by atoms with van der Waals surface area (Å²) in [5, 5.41) is 3.29. The molecule has 0 spiro atoms. The van der Waals surface area contributed by atoms with Crippen molar-refractivity contribution in [2.45, 2.75) is 13.0 Å². The number of benzene rings is 1. The molecule has 0 fully saturated rings. The van der Waals surface area contributed by atoms with Crippen LogP contribution in [0.1, 0.15) is 18.7 Å². The number of para-hydroxylation sites is 1. The highest BCUT2D eigenvalue weighted by atomic mass is 16.5. The summed E-state index contributed by atoms with van der Waals surface area (Å²) < 4.78 is 10.5. The molecule has 0 aliphatic heterocycles. The van der Waals surface area contributed by atoms with E-state index >= 15 is 0 Å². The summed E-state index contributed by atoms with van der Waals surface area (Å²) in [6, 6.07) is 9.48. The molecule has 90 valence electrons. The van der Waals surface area contributed by atoms with Crippen LogP contribution < -0.4 is 15.8 Å². The van der Waals surface area contributed by atoms with Crippen LogP contribution in [0.25, 0.3) is 0 Å². The number of hydrogen-bond acceptors (Lipinski definition) is 4. The Labute approximate surface area is 100 Å². The van der Waals surface area contributed by atoms with Crippen molar-refractivity contribution in [3.63, 3.8) is 0 Å². The first-order valence-electron chi connectivity index (χ1n) is 5.44. The molecule has 0 bridgehead atoms. The highest BCUT2D eigenvalue weighted by Crippen LogP contribution is 2.31. The van der Waals surface area contributed by atoms with Crippen LogP contribution in [0.5, 0.6) is 5.75 Å². The third-order valence-electron chi connectivity index (χ3n) is 2.63. The van der Waals surface area contributed by atoms with Crippen LogP contribution in [0.15, 0.2) is 41.0 Å². The quantitative estimate of drug-likeness (QED) is 0.795. The lowest BCUT2D eigenvalue weighted by atomic mass is 10.2. The first-order chi connectivity index (χ1) is 8.22. The fraction of sp³-hybridized carbons (Fsp3) is 0.231. The van der Waals surface area contributed by atoms with E-state index < -0.39 is 0 Å². The summed E-state index contributed by atoms with van der Waals surface area (Å²) in [5.41, 5.74) is 7.42. The van der Waals surface area contributed by atoms with Gasteiger partial charge in [0.05, 0.1) is 30.8 Å². The minimum atomic E-state index is 0.0550. The fourth-order valence-electron chi connectivity index (χ4n) is 1.69. The SMILES string of the molecule is COc1cccc(NC(C)c2ccco2)c1N. The van der Waals surface area contributed by atoms with Crippen molar-refractivity contribution in [3.05, 3.63) is 42.4 Å². The predicted molar refractivity (Wildman–Crippen MR) is 68.2 cm³/mol. The zero-order chi connectivity index (χ0) is 12.3. The van der Waals surface area contributed by atoms with Crippen LogP contribution in [0, 0.1) is 0 Å². The van der Waals surface area contributed by atoms with Gasteiger partial charge in [-0.2, -0.15) is 0 Å². The van der Waals surface area contributed by atoms with E-state index in [1.54, 1.807) is 13.4 Å². The Morgan fingerprint density at radius 1 is 1.29 bits per heavy atom. The maximum absolute atomic E-state index is 5.98. The van der Waals surface area contributed by atoms with E-state index in [0.29, 0.717) is 11.4 Å². The number of nitrogens with one attached hydrogen (secondary N) is 1. The topological polar surface area (TPSA) is 60.4 Å². The molecule has 0 saturated heterocycles. The lowest BCUT2D eigenvalue weighted by Gasteiger charge is -2.16. The Balaban J connectivity index is 2.19. The summed E-state index contributed by atoms with van der Waals surface area (Å²) in [5.74, 6) is 1.54. The highest BCUT2D eigenvalue weighted by Gasteiger charge is 2.11. The number of anilines is 2. The van der Waals surface area contributed by atoms with Crippen molar-refractivity contribution in [1.82, 2.24) is 0 Å². The number of nitrogens with two attached hydrogens (primary N) is 1. The summed E-state index contributed by atoms with van der Waals surface area (Å²) >= 11 is 0. The molecule has 4 heteroatoms. The molecule has 0 amide bonds. The van der Waals surface area contributed by atoms with Crippen LogP contribution in [-0.4, -0.2) is 7.11 Å². The molecule has 1 aromatic heterocycles. The predicted octanol–water partition coefficient (Wildman–Crippen LogP) is 3.04. The maximum atomic E-state index is 5.98. The monoisotopic (exact) mass is 232 g/mol. The Kier molecular flexibility index (Phi) is 3.23. The van der Waals surface area contributed by atoms with Gasteiger partial charge in [0, 0.05) is 0 Å². The average Bonchev–Trinajstić information content (AvgIpc) is 2.85. The third kappa shape index (κ3) is 2.36. The van der Waals surface area contributed by atoms with Crippen LogP contribution >= 0.6 is 0 Å². The van der Waals surface area contributed by atoms with Gasteiger partial charge in [-0.15, -0.1) is 0 Å². The van der Waals surface area contributed by atoms with E-state index in [1.807, 2.05) is 37.3 Å². The zero-order valence-electron chi connectivity index (χ0n) is 9.94. The molecule has 2 rings (SSSR count). The van der Waals surface area contributed by atoms with Gasteiger partial charge in [-0.25, -0.2) is 0 Å². The minimum Gasteiger partial charge on any atom is -0.495 e. The van der Waals surface area contributed by atoms with Gasteiger partial charge >= 0.3 is 0 Å². The van der Waals surface area contributed by atoms with Crippen molar-refractivity contribution in [2.24, 2.45) is 0 Å². The van der Waals surface area contributed by atoms with Crippen molar-refractivity contribution < 1.29 is 9.15 Å². The van der Waals surface area contributed by atoms with Crippen molar-refractivity contribution in [3.8, 4) is 5.75 Å². The summed E-state index contributed by atoms with van der Waals surface area (Å²) in [7, 11) is 1.60. The number of ether oxygens (including phenoxy) is 1. The van der Waals surface area contributed by atoms with Crippen molar-refractivity contribution in [2.75, 3.05) is 18.2 Å². The van der Waals surface area contributed by atoms with Crippen molar-refractivity contribution >= 4 is 11.4 Å². The second kappa shape index (κ2) is 4.82. The van der Waals surface area contributed by atoms with Crippen LogP contribution in [-0.2, 0) is 0 Å². The molecule has 0 saturated carbocycles. The van der Waals surface area contributed by atoms with E-state index in [0.717, 1.165) is 11.4 Å². The second-order valence-corrected chi connectivity index (χ2v) is 3.80. The smallest absolute Gasteiger partial charge is 0.143 e. The Morgan fingerprint density at radius 3 is 2.76 bits per heavy atom. The van der Waals surface area contributed by atoms with Crippen LogP contribution in [0.3, 0.4) is 0 Å². The molecule has 0 aliphatic carbocycles. The fourth-order valence-corrected chi connectivity index (χ4v) is 1.69. The average molecular weight is 232 g/mol. The Morgan fingerprint density at radius 2 is 2.12 bits per heavy atom. The minimum absolute atomic E-state index is 0.0550. The van der Waals surface area contributed by atoms with Gasteiger partial charge in [0.2, 0.25) is 0 Å². The van der Waals surface area contributed by atoms with Gasteiger partial charge in [0.15, 0.2) is 0 Å². The van der Waals surface area contributed by atoms with E-state index in [2.05, 4.69) is 5.32 Å². The first kappa shape index (κ1) is 11.4. The summed E-state index contributed by atoms with van der Waals surface area (Å²) in [6.45, 7) is 2.01. The number of nitrogen functional groups attached to an aromatic ring is 1. The third-order valence-corrected chi connectivity index (χ3v) is 2.63. The molecule has 3 N–H and O–H groups in total. The van der Waals surface area contributed by atoms with E-state index in [9.17, 15) is 0 Å². The molecule has 1 unspecified atom stereocenters. The molecular weight excluding hydrogens is 216 g/mol. The lowest BCUT2D eigenvalue weighted by Crippen LogP contribution is -2.08. The summed E-state index contributed by atoms with van der Waals surface area (Å²) in [6.07, 6.45) is 1.66. The number of hydrogen-bond donors (Lipinski definition) is 2. The molecule has 1 aromatic carbocycles. The summed E-state index contributed by atoms with van der Waals surface area (Å²) in [4.78, 5) is 0. The van der Waals surface area contributed by atoms with Gasteiger partial charge < -0.3 is 20.2 Å². The van der Waals surface area contributed by atoms with E-state index in [4.69, 9.17) is 14.9 Å². The standard InChI is InChI=1S/C13H16N2O2/c1-9(11-7-4-8-17-11)15-10-5-3-6-12(16-2)13(10)14/h3-9,15H,14H2,1-2H3. The molecule has 4 nitrogen and oxygen atoms in total. The molecule has 0 aliphatic rings. The number of methoxy groups -OCH3 is 1. The first-order valence-corrected chi connectivity index (χ1v) is 5.44. The van der Waals surface area contributed by atoms with E-state index in [-0.39, 0.29) is 6.04 Å². The lowest BCUT2D eigenvalue weighted by molar-refractivity contribution is 0.417. The molecule has 0 radical (unpaired) electrons. The van der Waals surface area contributed by atoms with Crippen LogP contribution in [0.4, 0.5) is 11.4 Å². The van der Waals surface area contributed by atoms with Crippen molar-refractivity contribution in [1.29, 1.82) is 0 Å². The largest absolute Gasteiger partial charge is 0.495 e. The zero-order valence-corrected chi connectivity index (χ0v) is 9.94. The van der Waals surface area contributed by atoms with Gasteiger partial charge in [-0.05, 0) is 31.2 Å². The number of furan rings is 1. The van der Waals surface area contributed by atoms with Gasteiger partial charge in [-0.1, -0.05) is 6.07 Å².